The number of nitrogens with one attached hydrogen (secondary N) is 1. The number of anilines is 1. The third-order valence-corrected chi connectivity index (χ3v) is 5.05. The number of benzene rings is 2. The van der Waals surface area contributed by atoms with E-state index in [2.05, 4.69) is 15.5 Å². The topological polar surface area (TPSA) is 88.3 Å². The zero-order valence-electron chi connectivity index (χ0n) is 16.5. The number of hydrogen-bond acceptors (Lipinski definition) is 5. The molecule has 1 aliphatic heterocycles. The van der Waals surface area contributed by atoms with Crippen LogP contribution in [0.25, 0.3) is 11.4 Å². The summed E-state index contributed by atoms with van der Waals surface area (Å²) in [5, 5.41) is 6.78. The summed E-state index contributed by atoms with van der Waals surface area (Å²) in [5.41, 5.74) is 1.92. The lowest BCUT2D eigenvalue weighted by Gasteiger charge is -2.31. The number of carbonyl (C=O) groups is 2. The van der Waals surface area contributed by atoms with Gasteiger partial charge in [0.25, 0.3) is 5.91 Å². The van der Waals surface area contributed by atoms with E-state index in [1.807, 2.05) is 12.1 Å². The molecule has 0 radical (unpaired) electrons. The number of aromatic nitrogens is 2. The van der Waals surface area contributed by atoms with E-state index >= 15 is 0 Å². The van der Waals surface area contributed by atoms with Crippen LogP contribution in [0.15, 0.2) is 53.1 Å². The van der Waals surface area contributed by atoms with Crippen molar-refractivity contribution in [2.45, 2.75) is 25.7 Å². The Morgan fingerprint density at radius 2 is 1.87 bits per heavy atom. The number of halogens is 1. The Bertz CT molecular complexity index is 1050. The van der Waals surface area contributed by atoms with E-state index < -0.39 is 0 Å². The van der Waals surface area contributed by atoms with E-state index in [0.29, 0.717) is 36.1 Å². The zero-order chi connectivity index (χ0) is 21.1. The van der Waals surface area contributed by atoms with E-state index in [9.17, 15) is 14.0 Å². The molecule has 0 aliphatic carbocycles. The Morgan fingerprint density at radius 3 is 2.57 bits per heavy atom. The van der Waals surface area contributed by atoms with Gasteiger partial charge in [0, 0.05) is 36.8 Å². The third-order valence-electron chi connectivity index (χ3n) is 5.05. The van der Waals surface area contributed by atoms with Gasteiger partial charge in [0.05, 0.1) is 5.92 Å². The highest BCUT2D eigenvalue weighted by atomic mass is 19.1. The molecule has 0 spiro atoms. The lowest BCUT2D eigenvalue weighted by Crippen LogP contribution is -2.39. The van der Waals surface area contributed by atoms with Crippen LogP contribution in [0.5, 0.6) is 0 Å². The van der Waals surface area contributed by atoms with Crippen LogP contribution in [0.4, 0.5) is 10.1 Å². The van der Waals surface area contributed by atoms with E-state index in [0.717, 1.165) is 18.4 Å². The maximum atomic E-state index is 13.1. The minimum absolute atomic E-state index is 0.0527. The largest absolute Gasteiger partial charge is 0.339 e. The van der Waals surface area contributed by atoms with Gasteiger partial charge in [-0.25, -0.2) is 4.39 Å². The fourth-order valence-electron chi connectivity index (χ4n) is 3.56. The number of nitrogens with zero attached hydrogens (tertiary/aromatic N) is 3. The second kappa shape index (κ2) is 8.44. The van der Waals surface area contributed by atoms with Gasteiger partial charge in [-0.15, -0.1) is 0 Å². The Kier molecular flexibility index (Phi) is 5.56. The number of carbonyl (C=O) groups excluding carboxylic acids is 2. The molecule has 1 aromatic heterocycles. The molecule has 2 aromatic carbocycles. The van der Waals surface area contributed by atoms with Gasteiger partial charge in [0.1, 0.15) is 5.82 Å². The standard InChI is InChI=1S/C22H21FN4O3/c1-14(28)24-19-10-6-15(7-11-19)20-25-21(30-26-20)17-3-2-12-27(13-17)22(29)16-4-8-18(23)9-5-16/h4-11,17H,2-3,12-13H2,1H3,(H,24,28)/t17-/m0/s1. The minimum Gasteiger partial charge on any atom is -0.339 e. The zero-order valence-corrected chi connectivity index (χ0v) is 16.5. The van der Waals surface area contributed by atoms with Crippen molar-refractivity contribution in [3.63, 3.8) is 0 Å². The molecule has 0 unspecified atom stereocenters. The second-order valence-corrected chi connectivity index (χ2v) is 7.31. The first-order chi connectivity index (χ1) is 14.5. The van der Waals surface area contributed by atoms with Crippen molar-refractivity contribution < 1.29 is 18.5 Å². The van der Waals surface area contributed by atoms with Gasteiger partial charge in [0.15, 0.2) is 0 Å². The van der Waals surface area contributed by atoms with Crippen LogP contribution >= 0.6 is 0 Å². The molecule has 1 atom stereocenters. The molecule has 1 fully saturated rings. The van der Waals surface area contributed by atoms with Gasteiger partial charge in [-0.05, 0) is 61.4 Å². The second-order valence-electron chi connectivity index (χ2n) is 7.31. The number of rotatable bonds is 4. The highest BCUT2D eigenvalue weighted by Gasteiger charge is 2.29. The molecule has 7 nitrogen and oxygen atoms in total. The fourth-order valence-corrected chi connectivity index (χ4v) is 3.56. The molecule has 1 aliphatic rings. The Balaban J connectivity index is 1.45. The van der Waals surface area contributed by atoms with Crippen molar-refractivity contribution in [1.29, 1.82) is 0 Å². The molecule has 8 heteroatoms. The molecule has 0 bridgehead atoms. The normalized spacial score (nSPS) is 16.3. The van der Waals surface area contributed by atoms with Gasteiger partial charge in [-0.2, -0.15) is 4.98 Å². The van der Waals surface area contributed by atoms with Crippen molar-refractivity contribution in [3.05, 3.63) is 65.8 Å². The van der Waals surface area contributed by atoms with Crippen LogP contribution in [0, 0.1) is 5.82 Å². The molecular formula is C22H21FN4O3. The van der Waals surface area contributed by atoms with Crippen LogP contribution in [0.3, 0.4) is 0 Å². The summed E-state index contributed by atoms with van der Waals surface area (Å²) in [7, 11) is 0. The first-order valence-electron chi connectivity index (χ1n) is 9.76. The van der Waals surface area contributed by atoms with Gasteiger partial charge < -0.3 is 14.7 Å². The predicted octanol–water partition coefficient (Wildman–Crippen LogP) is 3.85. The van der Waals surface area contributed by atoms with E-state index in [4.69, 9.17) is 4.52 Å². The summed E-state index contributed by atoms with van der Waals surface area (Å²) in [6.07, 6.45) is 1.66. The molecule has 30 heavy (non-hydrogen) atoms. The fraction of sp³-hybridized carbons (Fsp3) is 0.273. The summed E-state index contributed by atoms with van der Waals surface area (Å²) in [4.78, 5) is 30.1. The van der Waals surface area contributed by atoms with Crippen LogP contribution in [-0.4, -0.2) is 39.9 Å². The lowest BCUT2D eigenvalue weighted by atomic mass is 9.97. The summed E-state index contributed by atoms with van der Waals surface area (Å²) >= 11 is 0. The average Bonchev–Trinajstić information content (AvgIpc) is 3.24. The van der Waals surface area contributed by atoms with Crippen molar-refractivity contribution in [2.75, 3.05) is 18.4 Å². The van der Waals surface area contributed by atoms with Gasteiger partial charge >= 0.3 is 0 Å². The van der Waals surface area contributed by atoms with Crippen molar-refractivity contribution in [2.24, 2.45) is 0 Å². The van der Waals surface area contributed by atoms with Crippen molar-refractivity contribution in [1.82, 2.24) is 15.0 Å². The molecular weight excluding hydrogens is 387 g/mol. The first kappa shape index (κ1) is 19.8. The molecule has 0 saturated carbocycles. The number of amides is 2. The summed E-state index contributed by atoms with van der Waals surface area (Å²) < 4.78 is 18.6. The quantitative estimate of drug-likeness (QED) is 0.708. The van der Waals surface area contributed by atoms with Crippen LogP contribution in [0.2, 0.25) is 0 Å². The minimum atomic E-state index is -0.369. The number of likely N-dealkylation sites (tertiary alicyclic amines) is 1. The predicted molar refractivity (Wildman–Crippen MR) is 108 cm³/mol. The Labute approximate surface area is 172 Å². The lowest BCUT2D eigenvalue weighted by molar-refractivity contribution is -0.114. The summed E-state index contributed by atoms with van der Waals surface area (Å²) in [6.45, 7) is 2.56. The monoisotopic (exact) mass is 408 g/mol. The molecule has 154 valence electrons. The Morgan fingerprint density at radius 1 is 1.13 bits per heavy atom. The average molecular weight is 408 g/mol. The van der Waals surface area contributed by atoms with Gasteiger partial charge in [0.2, 0.25) is 17.6 Å². The SMILES string of the molecule is CC(=O)Nc1ccc(-c2noc([C@H]3CCCN(C(=O)c4ccc(F)cc4)C3)n2)cc1. The van der Waals surface area contributed by atoms with Gasteiger partial charge in [-0.1, -0.05) is 5.16 Å². The maximum Gasteiger partial charge on any atom is 0.253 e. The van der Waals surface area contributed by atoms with Crippen LogP contribution in [0.1, 0.15) is 41.9 Å². The molecule has 4 rings (SSSR count). The van der Waals surface area contributed by atoms with Crippen LogP contribution < -0.4 is 5.32 Å². The molecule has 1 saturated heterocycles. The highest BCUT2D eigenvalue weighted by Crippen LogP contribution is 2.28. The van der Waals surface area contributed by atoms with Crippen molar-refractivity contribution >= 4 is 17.5 Å². The molecule has 2 heterocycles. The Hall–Kier alpha value is -3.55. The van der Waals surface area contributed by atoms with E-state index in [-0.39, 0.29) is 23.5 Å². The molecule has 1 N–H and O–H groups in total. The first-order valence-corrected chi connectivity index (χ1v) is 9.76. The summed E-state index contributed by atoms with van der Waals surface area (Å²) in [5.74, 6) is 0.262. The van der Waals surface area contributed by atoms with Crippen molar-refractivity contribution in [3.8, 4) is 11.4 Å². The van der Waals surface area contributed by atoms with Crippen LogP contribution in [-0.2, 0) is 4.79 Å². The maximum absolute atomic E-state index is 13.1. The van der Waals surface area contributed by atoms with Gasteiger partial charge in [-0.3, -0.25) is 9.59 Å². The highest BCUT2D eigenvalue weighted by molar-refractivity contribution is 5.94. The third kappa shape index (κ3) is 4.37. The molecule has 3 aromatic rings. The summed E-state index contributed by atoms with van der Waals surface area (Å²) in [6, 6.07) is 12.7. The van der Waals surface area contributed by atoms with E-state index in [1.54, 1.807) is 17.0 Å². The number of hydrogen-bond donors (Lipinski definition) is 1. The van der Waals surface area contributed by atoms with E-state index in [1.165, 1.54) is 31.2 Å². The molecule has 2 amide bonds. The smallest absolute Gasteiger partial charge is 0.253 e. The number of piperidine rings is 1.